The molecule has 3 rings (SSSR count). The second kappa shape index (κ2) is 7.34. The topological polar surface area (TPSA) is 61.3 Å². The number of hydrogen-bond donors (Lipinski definition) is 0. The molecule has 0 bridgehead atoms. The molecule has 116 valence electrons. The first-order valence-electron chi connectivity index (χ1n) is 6.67. The summed E-state index contributed by atoms with van der Waals surface area (Å²) in [6.45, 7) is 0.508. The minimum absolute atomic E-state index is 0.132. The van der Waals surface area contributed by atoms with Crippen LogP contribution in [0.25, 0.3) is 0 Å². The molecule has 0 amide bonds. The van der Waals surface area contributed by atoms with Gasteiger partial charge in [-0.1, -0.05) is 47.0 Å². The fourth-order valence-electron chi connectivity index (χ4n) is 1.88. The number of nitrogens with zero attached hydrogens (tertiary/aromatic N) is 2. The Bertz CT molecular complexity index is 645. The van der Waals surface area contributed by atoms with Crippen LogP contribution in [0, 0.1) is 0 Å². The summed E-state index contributed by atoms with van der Waals surface area (Å²) in [6, 6.07) is 7.97. The second-order valence-electron chi connectivity index (χ2n) is 4.53. The number of ether oxygens (including phenoxy) is 2. The van der Waals surface area contributed by atoms with Crippen molar-refractivity contribution in [2.75, 3.05) is 13.7 Å². The Morgan fingerprint density at radius 3 is 2.77 bits per heavy atom. The van der Waals surface area contributed by atoms with E-state index in [0.717, 1.165) is 26.6 Å². The Balaban J connectivity index is 1.53. The molecule has 2 heterocycles. The Labute approximate surface area is 140 Å². The number of aromatic nitrogens is 2. The predicted octanol–water partition coefficient (Wildman–Crippen LogP) is 3.25. The van der Waals surface area contributed by atoms with E-state index in [-0.39, 0.29) is 11.2 Å². The molecule has 1 aromatic carbocycles. The van der Waals surface area contributed by atoms with Gasteiger partial charge in [0, 0.05) is 12.2 Å². The Kier molecular flexibility index (Phi) is 5.22. The number of rotatable bonds is 6. The lowest BCUT2D eigenvalue weighted by Crippen LogP contribution is -2.08. The molecule has 0 unspecified atom stereocenters. The predicted molar refractivity (Wildman–Crippen MR) is 87.7 cm³/mol. The number of esters is 1. The highest BCUT2D eigenvalue weighted by atomic mass is 32.2. The fourth-order valence-corrected chi connectivity index (χ4v) is 5.06. The summed E-state index contributed by atoms with van der Waals surface area (Å²) in [7, 11) is 1.66. The molecule has 0 aliphatic carbocycles. The van der Waals surface area contributed by atoms with Crippen molar-refractivity contribution >= 4 is 40.8 Å². The summed E-state index contributed by atoms with van der Waals surface area (Å²) < 4.78 is 11.8. The fraction of sp³-hybridized carbons (Fsp3) is 0.357. The van der Waals surface area contributed by atoms with Crippen LogP contribution in [0.3, 0.4) is 0 Å². The molecule has 1 atom stereocenters. The van der Waals surface area contributed by atoms with Crippen LogP contribution in [0.5, 0.6) is 5.75 Å². The summed E-state index contributed by atoms with van der Waals surface area (Å²) in [4.78, 5) is 11.4. The average Bonchev–Trinajstić information content (AvgIpc) is 3.16. The molecule has 1 aliphatic heterocycles. The molecule has 2 aromatic rings. The van der Waals surface area contributed by atoms with Gasteiger partial charge in [0.15, 0.2) is 8.68 Å². The van der Waals surface area contributed by atoms with Crippen LogP contribution in [0.15, 0.2) is 32.9 Å². The Hall–Kier alpha value is -1.25. The van der Waals surface area contributed by atoms with Gasteiger partial charge in [-0.05, 0) is 17.7 Å². The Morgan fingerprint density at radius 1 is 1.32 bits per heavy atom. The molecule has 1 saturated heterocycles. The summed E-state index contributed by atoms with van der Waals surface area (Å²) >= 11 is 4.61. The highest BCUT2D eigenvalue weighted by molar-refractivity contribution is 8.03. The third-order valence-electron chi connectivity index (χ3n) is 3.04. The van der Waals surface area contributed by atoms with E-state index in [0.29, 0.717) is 6.61 Å². The van der Waals surface area contributed by atoms with Crippen LogP contribution in [-0.4, -0.2) is 35.1 Å². The van der Waals surface area contributed by atoms with E-state index < -0.39 is 0 Å². The van der Waals surface area contributed by atoms with Crippen molar-refractivity contribution in [3.8, 4) is 5.75 Å². The molecule has 8 heteroatoms. The van der Waals surface area contributed by atoms with Crippen molar-refractivity contribution in [1.82, 2.24) is 10.2 Å². The number of carbonyl (C=O) groups excluding carboxylic acids is 1. The van der Waals surface area contributed by atoms with Gasteiger partial charge in [0.25, 0.3) is 0 Å². The maximum absolute atomic E-state index is 11.4. The standard InChI is InChI=1S/C14H14N2O3S3/c1-18-10-4-2-9(3-5-10)8-20-13-15-16-14(22-13)21-11-6-7-19-12(11)17/h2-5,11H,6-8H2,1H3/t11-/m1/s1. The molecule has 0 radical (unpaired) electrons. The molecular weight excluding hydrogens is 340 g/mol. The van der Waals surface area contributed by atoms with Gasteiger partial charge in [-0.15, -0.1) is 10.2 Å². The zero-order valence-electron chi connectivity index (χ0n) is 11.9. The van der Waals surface area contributed by atoms with Gasteiger partial charge in [-0.3, -0.25) is 4.79 Å². The number of thioether (sulfide) groups is 2. The SMILES string of the molecule is COc1ccc(CSc2nnc(S[C@@H]3CCOC3=O)s2)cc1. The summed E-state index contributed by atoms with van der Waals surface area (Å²) in [6.07, 6.45) is 0.747. The van der Waals surface area contributed by atoms with Crippen molar-refractivity contribution in [2.24, 2.45) is 0 Å². The number of carbonyl (C=O) groups is 1. The first kappa shape index (κ1) is 15.6. The van der Waals surface area contributed by atoms with Crippen molar-refractivity contribution in [3.63, 3.8) is 0 Å². The van der Waals surface area contributed by atoms with E-state index in [4.69, 9.17) is 9.47 Å². The van der Waals surface area contributed by atoms with Crippen molar-refractivity contribution in [1.29, 1.82) is 0 Å². The maximum atomic E-state index is 11.4. The van der Waals surface area contributed by atoms with Gasteiger partial charge in [-0.2, -0.15) is 0 Å². The van der Waals surface area contributed by atoms with E-state index in [1.54, 1.807) is 18.9 Å². The van der Waals surface area contributed by atoms with Crippen LogP contribution in [0.2, 0.25) is 0 Å². The summed E-state index contributed by atoms with van der Waals surface area (Å²) in [5, 5.41) is 8.17. The number of methoxy groups -OCH3 is 1. The van der Waals surface area contributed by atoms with E-state index in [2.05, 4.69) is 10.2 Å². The molecule has 1 fully saturated rings. The monoisotopic (exact) mass is 354 g/mol. The van der Waals surface area contributed by atoms with Gasteiger partial charge in [0.2, 0.25) is 0 Å². The van der Waals surface area contributed by atoms with Gasteiger partial charge < -0.3 is 9.47 Å². The zero-order chi connectivity index (χ0) is 15.4. The van der Waals surface area contributed by atoms with E-state index in [9.17, 15) is 4.79 Å². The van der Waals surface area contributed by atoms with Crippen LogP contribution < -0.4 is 4.74 Å². The van der Waals surface area contributed by atoms with Gasteiger partial charge in [0.1, 0.15) is 11.0 Å². The third-order valence-corrected chi connectivity index (χ3v) is 6.50. The molecule has 0 N–H and O–H groups in total. The second-order valence-corrected chi connectivity index (χ2v) is 8.18. The molecule has 5 nitrogen and oxygen atoms in total. The number of benzene rings is 1. The first-order chi connectivity index (χ1) is 10.7. The first-order valence-corrected chi connectivity index (χ1v) is 9.35. The minimum atomic E-state index is -0.146. The van der Waals surface area contributed by atoms with Crippen LogP contribution in [-0.2, 0) is 15.3 Å². The molecule has 1 aliphatic rings. The minimum Gasteiger partial charge on any atom is -0.497 e. The lowest BCUT2D eigenvalue weighted by molar-refractivity contribution is -0.137. The summed E-state index contributed by atoms with van der Waals surface area (Å²) in [5.41, 5.74) is 1.20. The summed E-state index contributed by atoms with van der Waals surface area (Å²) in [5.74, 6) is 1.54. The molecule has 0 spiro atoms. The molecular formula is C14H14N2O3S3. The van der Waals surface area contributed by atoms with E-state index in [1.165, 1.54) is 28.7 Å². The molecule has 0 saturated carbocycles. The number of cyclic esters (lactones) is 1. The highest BCUT2D eigenvalue weighted by Crippen LogP contribution is 2.35. The van der Waals surface area contributed by atoms with Crippen LogP contribution in [0.1, 0.15) is 12.0 Å². The lowest BCUT2D eigenvalue weighted by atomic mass is 10.2. The zero-order valence-corrected chi connectivity index (χ0v) is 14.3. The quantitative estimate of drug-likeness (QED) is 0.583. The van der Waals surface area contributed by atoms with Gasteiger partial charge in [-0.25, -0.2) is 0 Å². The molecule has 1 aromatic heterocycles. The average molecular weight is 354 g/mol. The normalized spacial score (nSPS) is 17.5. The lowest BCUT2D eigenvalue weighted by Gasteiger charge is -2.01. The van der Waals surface area contributed by atoms with Crippen LogP contribution >= 0.6 is 34.9 Å². The van der Waals surface area contributed by atoms with E-state index in [1.807, 2.05) is 24.3 Å². The van der Waals surface area contributed by atoms with Crippen molar-refractivity contribution in [2.45, 2.75) is 26.1 Å². The maximum Gasteiger partial charge on any atom is 0.319 e. The molecule has 22 heavy (non-hydrogen) atoms. The largest absolute Gasteiger partial charge is 0.497 e. The Morgan fingerprint density at radius 2 is 2.09 bits per heavy atom. The number of hydrogen-bond acceptors (Lipinski definition) is 8. The van der Waals surface area contributed by atoms with E-state index >= 15 is 0 Å². The van der Waals surface area contributed by atoms with Gasteiger partial charge >= 0.3 is 5.97 Å². The van der Waals surface area contributed by atoms with Crippen molar-refractivity contribution in [3.05, 3.63) is 29.8 Å². The highest BCUT2D eigenvalue weighted by Gasteiger charge is 2.28. The third kappa shape index (κ3) is 3.93. The smallest absolute Gasteiger partial charge is 0.319 e. The van der Waals surface area contributed by atoms with Crippen molar-refractivity contribution < 1.29 is 14.3 Å². The van der Waals surface area contributed by atoms with Gasteiger partial charge in [0.05, 0.1) is 13.7 Å². The van der Waals surface area contributed by atoms with Crippen LogP contribution in [0.4, 0.5) is 0 Å².